The zero-order valence-electron chi connectivity index (χ0n) is 22.8. The van der Waals surface area contributed by atoms with Crippen LogP contribution >= 0.6 is 0 Å². The largest absolute Gasteiger partial charge is 1.00 e. The molecule has 0 heterocycles. The fourth-order valence-corrected chi connectivity index (χ4v) is 8.28. The van der Waals surface area contributed by atoms with E-state index in [2.05, 4.69) is 55.4 Å². The molecule has 4 aliphatic carbocycles. The van der Waals surface area contributed by atoms with E-state index in [1.807, 2.05) is 0 Å². The van der Waals surface area contributed by atoms with Gasteiger partial charge in [-0.05, 0) is 75.0 Å². The van der Waals surface area contributed by atoms with Gasteiger partial charge < -0.3 is 26.4 Å². The molecule has 0 N–H and O–H groups in total. The quantitative estimate of drug-likeness (QED) is 0.381. The number of rotatable bonds is 8. The van der Waals surface area contributed by atoms with Gasteiger partial charge in [0.1, 0.15) is 12.2 Å². The van der Waals surface area contributed by atoms with Crippen molar-refractivity contribution < 1.29 is 36.0 Å². The number of carbonyl (C=O) groups excluding carboxylic acids is 2. The lowest BCUT2D eigenvalue weighted by molar-refractivity contribution is -0.911. The third-order valence-corrected chi connectivity index (χ3v) is 12.2. The highest BCUT2D eigenvalue weighted by Gasteiger charge is 2.64. The van der Waals surface area contributed by atoms with Crippen LogP contribution in [-0.2, 0) is 19.1 Å². The van der Waals surface area contributed by atoms with Crippen LogP contribution in [-0.4, -0.2) is 54.8 Å². The van der Waals surface area contributed by atoms with E-state index < -0.39 is 0 Å². The molecule has 6 atom stereocenters. The highest BCUT2D eigenvalue weighted by molar-refractivity contribution is 5.73. The van der Waals surface area contributed by atoms with Crippen molar-refractivity contribution in [3.63, 3.8) is 0 Å². The standard InChI is InChI=1S/C28H48NO4.ClH/c1-9-29(10-2,17-23(30)32-21-15-19-11-13-27(21,7)25(19,3)4)18-24(31)33-22-16-20-12-14-28(22,8)26(20,5)6;/h19-22H,9-18H2,1-8H3;1H/q+1;/p-1. The molecule has 0 amide bonds. The van der Waals surface area contributed by atoms with E-state index in [4.69, 9.17) is 9.47 Å². The summed E-state index contributed by atoms with van der Waals surface area (Å²) >= 11 is 0. The van der Waals surface area contributed by atoms with Gasteiger partial charge in [0.15, 0.2) is 13.1 Å². The highest BCUT2D eigenvalue weighted by atomic mass is 35.5. The second-order valence-corrected chi connectivity index (χ2v) is 13.5. The molecule has 34 heavy (non-hydrogen) atoms. The van der Waals surface area contributed by atoms with Crippen LogP contribution in [0.2, 0.25) is 0 Å². The number of hydrogen-bond donors (Lipinski definition) is 0. The number of nitrogens with zero attached hydrogens (tertiary/aromatic N) is 1. The molecule has 0 radical (unpaired) electrons. The van der Waals surface area contributed by atoms with E-state index >= 15 is 0 Å². The van der Waals surface area contributed by atoms with Gasteiger partial charge in [0, 0.05) is 10.8 Å². The van der Waals surface area contributed by atoms with Gasteiger partial charge in [-0.1, -0.05) is 41.5 Å². The Bertz CT molecular complexity index is 744. The second-order valence-electron chi connectivity index (χ2n) is 13.5. The molecular formula is C28H48ClNO4. The van der Waals surface area contributed by atoms with Crippen LogP contribution in [0.3, 0.4) is 0 Å². The Balaban J connectivity index is 0.00000324. The fraction of sp³-hybridized carbons (Fsp3) is 0.929. The van der Waals surface area contributed by atoms with Crippen molar-refractivity contribution in [2.75, 3.05) is 26.2 Å². The molecule has 4 fully saturated rings. The predicted octanol–water partition coefficient (Wildman–Crippen LogP) is 2.36. The monoisotopic (exact) mass is 497 g/mol. The number of carbonyl (C=O) groups is 2. The Kier molecular flexibility index (Phi) is 7.30. The van der Waals surface area contributed by atoms with Crippen LogP contribution in [0.4, 0.5) is 0 Å². The van der Waals surface area contributed by atoms with Crippen molar-refractivity contribution in [3.8, 4) is 0 Å². The van der Waals surface area contributed by atoms with E-state index in [1.54, 1.807) is 0 Å². The normalized spacial score (nSPS) is 39.1. The van der Waals surface area contributed by atoms with Crippen molar-refractivity contribution in [1.29, 1.82) is 0 Å². The lowest BCUT2D eigenvalue weighted by Crippen LogP contribution is -3.00. The van der Waals surface area contributed by atoms with Crippen LogP contribution in [0.1, 0.15) is 93.9 Å². The van der Waals surface area contributed by atoms with Crippen molar-refractivity contribution >= 4 is 11.9 Å². The molecular weight excluding hydrogens is 450 g/mol. The summed E-state index contributed by atoms with van der Waals surface area (Å²) in [4.78, 5) is 26.3. The Labute approximate surface area is 213 Å². The van der Waals surface area contributed by atoms with Crippen molar-refractivity contribution in [2.45, 2.75) is 106 Å². The highest BCUT2D eigenvalue weighted by Crippen LogP contribution is 2.67. The first-order valence-electron chi connectivity index (χ1n) is 13.5. The van der Waals surface area contributed by atoms with Gasteiger partial charge in [0.25, 0.3) is 0 Å². The first kappa shape index (κ1) is 27.8. The number of esters is 2. The molecule has 4 rings (SSSR count). The summed E-state index contributed by atoms with van der Waals surface area (Å²) in [7, 11) is 0. The summed E-state index contributed by atoms with van der Waals surface area (Å²) in [5.41, 5.74) is 0.552. The number of fused-ring (bicyclic) bond motifs is 4. The smallest absolute Gasteiger partial charge is 0.362 e. The van der Waals surface area contributed by atoms with Crippen LogP contribution in [0.15, 0.2) is 0 Å². The van der Waals surface area contributed by atoms with E-state index in [1.165, 1.54) is 12.8 Å². The summed E-state index contributed by atoms with van der Waals surface area (Å²) in [5.74, 6) is 0.960. The predicted molar refractivity (Wildman–Crippen MR) is 129 cm³/mol. The summed E-state index contributed by atoms with van der Waals surface area (Å²) < 4.78 is 12.7. The summed E-state index contributed by atoms with van der Waals surface area (Å²) in [5, 5.41) is 0. The van der Waals surface area contributed by atoms with Crippen molar-refractivity contribution in [3.05, 3.63) is 0 Å². The number of hydrogen-bond acceptors (Lipinski definition) is 4. The van der Waals surface area contributed by atoms with E-state index in [0.29, 0.717) is 29.4 Å². The molecule has 5 nitrogen and oxygen atoms in total. The molecule has 0 aromatic rings. The van der Waals surface area contributed by atoms with Gasteiger partial charge in [0.2, 0.25) is 0 Å². The van der Waals surface area contributed by atoms with Crippen LogP contribution in [0, 0.1) is 33.5 Å². The minimum Gasteiger partial charge on any atom is -1.00 e. The van der Waals surface area contributed by atoms with E-state index in [9.17, 15) is 9.59 Å². The third kappa shape index (κ3) is 3.92. The first-order chi connectivity index (χ1) is 15.2. The van der Waals surface area contributed by atoms with Crippen molar-refractivity contribution in [1.82, 2.24) is 0 Å². The maximum Gasteiger partial charge on any atom is 0.362 e. The molecule has 0 spiro atoms. The second kappa shape index (κ2) is 8.94. The van der Waals surface area contributed by atoms with Crippen molar-refractivity contribution in [2.24, 2.45) is 33.5 Å². The minimum absolute atomic E-state index is 0. The van der Waals surface area contributed by atoms with Gasteiger partial charge in [0.05, 0.1) is 13.1 Å². The average molecular weight is 498 g/mol. The lowest BCUT2D eigenvalue weighted by Gasteiger charge is -2.40. The Morgan fingerprint density at radius 3 is 1.32 bits per heavy atom. The zero-order valence-corrected chi connectivity index (χ0v) is 23.6. The maximum absolute atomic E-state index is 13.1. The molecule has 6 unspecified atom stereocenters. The molecule has 4 aliphatic rings. The topological polar surface area (TPSA) is 52.6 Å². The summed E-state index contributed by atoms with van der Waals surface area (Å²) in [6.07, 6.45) is 6.70. The fourth-order valence-electron chi connectivity index (χ4n) is 8.28. The summed E-state index contributed by atoms with van der Waals surface area (Å²) in [6.45, 7) is 20.0. The first-order valence-corrected chi connectivity index (χ1v) is 13.5. The molecule has 196 valence electrons. The Hall–Kier alpha value is -0.810. The van der Waals surface area contributed by atoms with Crippen LogP contribution in [0.5, 0.6) is 0 Å². The van der Waals surface area contributed by atoms with Gasteiger partial charge in [-0.2, -0.15) is 0 Å². The Morgan fingerprint density at radius 1 is 0.735 bits per heavy atom. The number of likely N-dealkylation sites (N-methyl/N-ethyl adjacent to an activating group) is 1. The number of ether oxygens (including phenoxy) is 2. The maximum atomic E-state index is 13.1. The van der Waals surface area contributed by atoms with Gasteiger partial charge in [-0.3, -0.25) is 0 Å². The van der Waals surface area contributed by atoms with E-state index in [-0.39, 0.29) is 71.3 Å². The number of quaternary nitrogens is 1. The van der Waals surface area contributed by atoms with Gasteiger partial charge in [-0.15, -0.1) is 0 Å². The van der Waals surface area contributed by atoms with Gasteiger partial charge in [-0.25, -0.2) is 9.59 Å². The Morgan fingerprint density at radius 2 is 1.09 bits per heavy atom. The van der Waals surface area contributed by atoms with Gasteiger partial charge >= 0.3 is 11.9 Å². The SMILES string of the molecule is CC[N+](CC)(CC(=O)OC1CC2CCC1(C)C2(C)C)CC(=O)OC1CC2CCC1(C)C2(C)C.[Cl-]. The third-order valence-electron chi connectivity index (χ3n) is 12.2. The van der Waals surface area contributed by atoms with Crippen LogP contribution < -0.4 is 12.4 Å². The molecule has 0 aromatic carbocycles. The molecule has 4 bridgehead atoms. The lowest BCUT2D eigenvalue weighted by atomic mass is 9.70. The molecule has 6 heteroatoms. The minimum atomic E-state index is -0.158. The molecule has 0 aliphatic heterocycles. The summed E-state index contributed by atoms with van der Waals surface area (Å²) in [6, 6.07) is 0. The number of halogens is 1. The van der Waals surface area contributed by atoms with E-state index in [0.717, 1.165) is 25.7 Å². The molecule has 0 saturated heterocycles. The van der Waals surface area contributed by atoms with Crippen LogP contribution in [0.25, 0.3) is 0 Å². The zero-order chi connectivity index (χ0) is 24.4. The average Bonchev–Trinajstić information content (AvgIpc) is 3.25. The molecule has 4 saturated carbocycles. The molecule has 0 aromatic heterocycles.